The van der Waals surface area contributed by atoms with Gasteiger partial charge < -0.3 is 9.64 Å². The highest BCUT2D eigenvalue weighted by Gasteiger charge is 2.16. The van der Waals surface area contributed by atoms with E-state index in [1.54, 1.807) is 4.90 Å². The molecule has 0 aliphatic carbocycles. The molecule has 0 aliphatic heterocycles. The maximum absolute atomic E-state index is 12.6. The van der Waals surface area contributed by atoms with Gasteiger partial charge >= 0.3 is 6.09 Å². The van der Waals surface area contributed by atoms with Crippen molar-refractivity contribution in [1.29, 1.82) is 0 Å². The van der Waals surface area contributed by atoms with Crippen LogP contribution in [0, 0.1) is 0 Å². The summed E-state index contributed by atoms with van der Waals surface area (Å²) >= 11 is 3.50. The second-order valence-corrected chi connectivity index (χ2v) is 12.7. The van der Waals surface area contributed by atoms with E-state index >= 15 is 0 Å². The second-order valence-electron chi connectivity index (χ2n) is 7.20. The molecule has 0 aromatic heterocycles. The first-order valence-corrected chi connectivity index (χ1v) is 12.5. The Morgan fingerprint density at radius 2 is 1.73 bits per heavy atom. The first kappa shape index (κ1) is 20.8. The van der Waals surface area contributed by atoms with E-state index in [0.717, 1.165) is 22.2 Å². The van der Waals surface area contributed by atoms with Crippen LogP contribution in [-0.4, -0.2) is 48.7 Å². The van der Waals surface area contributed by atoms with Gasteiger partial charge in [-0.1, -0.05) is 58.4 Å². The number of hydrogen-bond donors (Lipinski definition) is 0. The van der Waals surface area contributed by atoms with Gasteiger partial charge in [-0.05, 0) is 48.4 Å². The molecule has 0 radical (unpaired) electrons. The van der Waals surface area contributed by atoms with E-state index < -0.39 is 10.0 Å². The van der Waals surface area contributed by atoms with E-state index in [-0.39, 0.29) is 6.09 Å². The molecule has 1 amide bonds. The minimum absolute atomic E-state index is 0.229. The summed E-state index contributed by atoms with van der Waals surface area (Å²) in [7, 11) is -0.665. The minimum Gasteiger partial charge on any atom is -0.449 e. The normalized spacial score (nSPS) is 11.8. The molecule has 0 saturated carbocycles. The van der Waals surface area contributed by atoms with E-state index in [1.807, 2.05) is 42.5 Å². The van der Waals surface area contributed by atoms with Crippen molar-refractivity contribution in [3.8, 4) is 0 Å². The SMILES string of the molecule is CS(C)(C)CCOC(=O)N(CCc1cccc(Br)c1)Cc1ccccc1. The van der Waals surface area contributed by atoms with Gasteiger partial charge in [0.2, 0.25) is 0 Å². The first-order chi connectivity index (χ1) is 12.3. The van der Waals surface area contributed by atoms with Gasteiger partial charge in [0.25, 0.3) is 0 Å². The number of nitrogens with zero attached hydrogens (tertiary/aromatic N) is 1. The lowest BCUT2D eigenvalue weighted by atomic mass is 10.1. The van der Waals surface area contributed by atoms with Crippen LogP contribution in [0.1, 0.15) is 11.1 Å². The minimum atomic E-state index is -0.665. The topological polar surface area (TPSA) is 29.5 Å². The largest absolute Gasteiger partial charge is 0.449 e. The molecular weight excluding hydrogens is 410 g/mol. The van der Waals surface area contributed by atoms with Gasteiger partial charge in [-0.2, -0.15) is 0 Å². The number of halogens is 1. The van der Waals surface area contributed by atoms with Gasteiger partial charge in [-0.15, -0.1) is 0 Å². The van der Waals surface area contributed by atoms with Crippen molar-refractivity contribution in [2.24, 2.45) is 0 Å². The summed E-state index contributed by atoms with van der Waals surface area (Å²) < 4.78 is 6.62. The molecule has 0 atom stereocenters. The van der Waals surface area contributed by atoms with Crippen LogP contribution in [0.5, 0.6) is 0 Å². The molecule has 0 saturated heterocycles. The predicted molar refractivity (Wildman–Crippen MR) is 116 cm³/mol. The summed E-state index contributed by atoms with van der Waals surface area (Å²) in [5.41, 5.74) is 2.31. The number of carbonyl (C=O) groups excluding carboxylic acids is 1. The van der Waals surface area contributed by atoms with E-state index in [0.29, 0.717) is 19.7 Å². The fraction of sp³-hybridized carbons (Fsp3) is 0.381. The lowest BCUT2D eigenvalue weighted by Crippen LogP contribution is -2.33. The molecule has 2 rings (SSSR count). The summed E-state index contributed by atoms with van der Waals surface area (Å²) in [6, 6.07) is 18.3. The van der Waals surface area contributed by atoms with Gasteiger partial charge in [0.15, 0.2) is 0 Å². The zero-order valence-corrected chi connectivity index (χ0v) is 18.2. The number of ether oxygens (including phenoxy) is 1. The molecule has 142 valence electrons. The highest BCUT2D eigenvalue weighted by molar-refractivity contribution is 9.10. The smallest absolute Gasteiger partial charge is 0.410 e. The summed E-state index contributed by atoms with van der Waals surface area (Å²) in [6.07, 6.45) is 7.26. The van der Waals surface area contributed by atoms with Crippen LogP contribution in [0.4, 0.5) is 4.79 Å². The third kappa shape index (κ3) is 7.83. The highest BCUT2D eigenvalue weighted by Crippen LogP contribution is 2.33. The molecule has 2 aromatic rings. The summed E-state index contributed by atoms with van der Waals surface area (Å²) in [5.74, 6) is 0.934. The Balaban J connectivity index is 1.99. The Labute approximate surface area is 167 Å². The van der Waals surface area contributed by atoms with Crippen molar-refractivity contribution in [1.82, 2.24) is 4.90 Å². The number of carbonyl (C=O) groups is 1. The van der Waals surface area contributed by atoms with Crippen LogP contribution in [0.15, 0.2) is 59.1 Å². The van der Waals surface area contributed by atoms with Crippen molar-refractivity contribution in [2.75, 3.05) is 37.7 Å². The average molecular weight is 438 g/mol. The van der Waals surface area contributed by atoms with Crippen molar-refractivity contribution >= 4 is 32.1 Å². The molecule has 26 heavy (non-hydrogen) atoms. The molecule has 0 aliphatic rings. The standard InChI is InChI=1S/C21H28BrNO2S/c1-26(2,3)15-14-25-21(24)23(17-19-8-5-4-6-9-19)13-12-18-10-7-11-20(22)16-18/h4-11,16H,12-15,17H2,1-3H3. The van der Waals surface area contributed by atoms with E-state index in [4.69, 9.17) is 4.74 Å². The molecular formula is C21H28BrNO2S. The molecule has 2 aromatic carbocycles. The monoisotopic (exact) mass is 437 g/mol. The Kier molecular flexibility index (Phi) is 8.04. The number of benzene rings is 2. The Hall–Kier alpha value is -1.46. The maximum atomic E-state index is 12.6. The number of rotatable bonds is 8. The lowest BCUT2D eigenvalue weighted by Gasteiger charge is -2.26. The third-order valence-electron chi connectivity index (χ3n) is 3.96. The van der Waals surface area contributed by atoms with Crippen LogP contribution < -0.4 is 0 Å². The van der Waals surface area contributed by atoms with Crippen molar-refractivity contribution in [3.63, 3.8) is 0 Å². The van der Waals surface area contributed by atoms with Crippen molar-refractivity contribution in [3.05, 3.63) is 70.2 Å². The fourth-order valence-corrected chi connectivity index (χ4v) is 3.50. The Bertz CT molecular complexity index is 701. The molecule has 0 fully saturated rings. The zero-order valence-electron chi connectivity index (χ0n) is 15.8. The van der Waals surface area contributed by atoms with E-state index in [9.17, 15) is 4.79 Å². The number of hydrogen-bond acceptors (Lipinski definition) is 2. The van der Waals surface area contributed by atoms with E-state index in [2.05, 4.69) is 46.8 Å². The quantitative estimate of drug-likeness (QED) is 0.558. The van der Waals surface area contributed by atoms with Crippen molar-refractivity contribution in [2.45, 2.75) is 13.0 Å². The maximum Gasteiger partial charge on any atom is 0.410 e. The third-order valence-corrected chi connectivity index (χ3v) is 5.84. The first-order valence-electron chi connectivity index (χ1n) is 8.69. The highest BCUT2D eigenvalue weighted by atomic mass is 79.9. The Morgan fingerprint density at radius 3 is 2.38 bits per heavy atom. The molecule has 0 bridgehead atoms. The van der Waals surface area contributed by atoms with Crippen LogP contribution in [0.3, 0.4) is 0 Å². The predicted octanol–water partition coefficient (Wildman–Crippen LogP) is 5.32. The van der Waals surface area contributed by atoms with Gasteiger partial charge in [0, 0.05) is 23.3 Å². The fourth-order valence-electron chi connectivity index (χ4n) is 2.47. The number of amides is 1. The second kappa shape index (κ2) is 10.0. The lowest BCUT2D eigenvalue weighted by molar-refractivity contribution is 0.106. The van der Waals surface area contributed by atoms with Gasteiger partial charge in [-0.25, -0.2) is 14.8 Å². The molecule has 5 heteroatoms. The van der Waals surface area contributed by atoms with Crippen molar-refractivity contribution < 1.29 is 9.53 Å². The van der Waals surface area contributed by atoms with Gasteiger partial charge in [0.05, 0.1) is 0 Å². The average Bonchev–Trinajstić information content (AvgIpc) is 2.58. The van der Waals surface area contributed by atoms with Crippen LogP contribution in [0.2, 0.25) is 0 Å². The molecule has 0 spiro atoms. The Morgan fingerprint density at radius 1 is 1.04 bits per heavy atom. The molecule has 0 heterocycles. The zero-order chi connectivity index (χ0) is 19.0. The summed E-state index contributed by atoms with van der Waals surface area (Å²) in [5, 5.41) is 0. The summed E-state index contributed by atoms with van der Waals surface area (Å²) in [6.45, 7) is 1.68. The van der Waals surface area contributed by atoms with Crippen LogP contribution >= 0.6 is 26.0 Å². The van der Waals surface area contributed by atoms with Crippen LogP contribution in [0.25, 0.3) is 0 Å². The van der Waals surface area contributed by atoms with Gasteiger partial charge in [0.1, 0.15) is 6.61 Å². The van der Waals surface area contributed by atoms with E-state index in [1.165, 1.54) is 5.56 Å². The molecule has 0 unspecified atom stereocenters. The molecule has 3 nitrogen and oxygen atoms in total. The van der Waals surface area contributed by atoms with Gasteiger partial charge in [-0.3, -0.25) is 0 Å². The summed E-state index contributed by atoms with van der Waals surface area (Å²) in [4.78, 5) is 14.4. The van der Waals surface area contributed by atoms with Crippen LogP contribution in [-0.2, 0) is 17.7 Å². The molecule has 0 N–H and O–H groups in total.